The van der Waals surface area contributed by atoms with Crippen LogP contribution in [0, 0.1) is 0 Å². The number of hydrogen-bond acceptors (Lipinski definition) is 4. The van der Waals surface area contributed by atoms with E-state index in [0.29, 0.717) is 12.1 Å². The highest BCUT2D eigenvalue weighted by atomic mass is 16.1. The average Bonchev–Trinajstić information content (AvgIpc) is 2.94. The summed E-state index contributed by atoms with van der Waals surface area (Å²) in [7, 11) is 2.18. The molecule has 5 nitrogen and oxygen atoms in total. The minimum Gasteiger partial charge on any atom is -0.370 e. The van der Waals surface area contributed by atoms with Crippen molar-refractivity contribution in [3.05, 3.63) is 24.0 Å². The second kappa shape index (κ2) is 6.65. The summed E-state index contributed by atoms with van der Waals surface area (Å²) < 4.78 is 0. The summed E-state index contributed by atoms with van der Waals surface area (Å²) in [5.41, 5.74) is 2.39. The van der Waals surface area contributed by atoms with E-state index in [9.17, 15) is 4.79 Å². The molecule has 1 unspecified atom stereocenters. The van der Waals surface area contributed by atoms with Crippen molar-refractivity contribution in [1.82, 2.24) is 15.2 Å². The van der Waals surface area contributed by atoms with Gasteiger partial charge in [-0.3, -0.25) is 14.7 Å². The number of piperidine rings is 1. The first-order chi connectivity index (χ1) is 10.6. The van der Waals surface area contributed by atoms with Gasteiger partial charge in [-0.15, -0.1) is 0 Å². The minimum atomic E-state index is 0.0742. The van der Waals surface area contributed by atoms with Crippen LogP contribution in [0.2, 0.25) is 0 Å². The number of anilines is 1. The van der Waals surface area contributed by atoms with Crippen molar-refractivity contribution in [2.24, 2.45) is 0 Å². The molecular formula is C17H26N4O. The van der Waals surface area contributed by atoms with E-state index < -0.39 is 0 Å². The maximum atomic E-state index is 11.1. The fourth-order valence-electron chi connectivity index (χ4n) is 3.64. The molecular weight excluding hydrogens is 276 g/mol. The first kappa shape index (κ1) is 15.3. The lowest BCUT2D eigenvalue weighted by molar-refractivity contribution is -0.119. The van der Waals surface area contributed by atoms with Crippen LogP contribution in [-0.2, 0) is 4.79 Å². The number of likely N-dealkylation sites (tertiary alicyclic amines) is 1. The highest BCUT2D eigenvalue weighted by molar-refractivity contribution is 5.73. The fourth-order valence-corrected chi connectivity index (χ4v) is 3.64. The summed E-state index contributed by atoms with van der Waals surface area (Å²) in [5.74, 6) is 0.0742. The van der Waals surface area contributed by atoms with Gasteiger partial charge in [0.1, 0.15) is 0 Å². The molecule has 0 radical (unpaired) electrons. The molecule has 3 heterocycles. The Labute approximate surface area is 132 Å². The van der Waals surface area contributed by atoms with Gasteiger partial charge in [-0.25, -0.2) is 0 Å². The lowest BCUT2D eigenvalue weighted by Crippen LogP contribution is -2.44. The van der Waals surface area contributed by atoms with Crippen molar-refractivity contribution in [3.8, 4) is 0 Å². The van der Waals surface area contributed by atoms with Crippen LogP contribution in [0.4, 0.5) is 5.69 Å². The summed E-state index contributed by atoms with van der Waals surface area (Å²) in [6, 6.07) is 5.20. The van der Waals surface area contributed by atoms with Gasteiger partial charge in [0.2, 0.25) is 5.91 Å². The summed E-state index contributed by atoms with van der Waals surface area (Å²) in [5, 5.41) is 3.02. The van der Waals surface area contributed by atoms with Gasteiger partial charge in [-0.1, -0.05) is 0 Å². The fraction of sp³-hybridized carbons (Fsp3) is 0.647. The standard InChI is InChI=1S/C17H26N4O/c1-13(22)19-14-7-10-21(11-8-14)15-5-6-16(18-12-15)17-4-3-9-20(17)2/h5-6,12,14,17H,3-4,7-11H2,1-2H3,(H,19,22). The second-order valence-corrected chi connectivity index (χ2v) is 6.54. The zero-order valence-corrected chi connectivity index (χ0v) is 13.6. The molecule has 3 rings (SSSR count). The number of amides is 1. The number of pyridine rings is 1. The van der Waals surface area contributed by atoms with Gasteiger partial charge in [0.05, 0.1) is 23.6 Å². The molecule has 1 amide bonds. The Hall–Kier alpha value is -1.62. The second-order valence-electron chi connectivity index (χ2n) is 6.54. The molecule has 22 heavy (non-hydrogen) atoms. The molecule has 0 saturated carbocycles. The van der Waals surface area contributed by atoms with Crippen LogP contribution in [0.15, 0.2) is 18.3 Å². The number of nitrogens with one attached hydrogen (secondary N) is 1. The summed E-state index contributed by atoms with van der Waals surface area (Å²) in [6.07, 6.45) is 6.51. The van der Waals surface area contributed by atoms with E-state index in [0.717, 1.165) is 25.9 Å². The summed E-state index contributed by atoms with van der Waals surface area (Å²) >= 11 is 0. The van der Waals surface area contributed by atoms with Crippen LogP contribution in [0.3, 0.4) is 0 Å². The molecule has 0 spiro atoms. The van der Waals surface area contributed by atoms with Crippen LogP contribution < -0.4 is 10.2 Å². The van der Waals surface area contributed by atoms with Crippen molar-refractivity contribution in [2.75, 3.05) is 31.6 Å². The normalized spacial score (nSPS) is 23.7. The van der Waals surface area contributed by atoms with Gasteiger partial charge in [0.15, 0.2) is 0 Å². The Kier molecular flexibility index (Phi) is 4.62. The van der Waals surface area contributed by atoms with Crippen molar-refractivity contribution in [3.63, 3.8) is 0 Å². The Morgan fingerprint density at radius 1 is 1.23 bits per heavy atom. The first-order valence-electron chi connectivity index (χ1n) is 8.32. The molecule has 2 aliphatic heterocycles. The van der Waals surface area contributed by atoms with Gasteiger partial charge >= 0.3 is 0 Å². The molecule has 1 N–H and O–H groups in total. The molecule has 1 aromatic rings. The topological polar surface area (TPSA) is 48.5 Å². The molecule has 1 atom stereocenters. The highest BCUT2D eigenvalue weighted by Crippen LogP contribution is 2.30. The molecule has 1 aromatic heterocycles. The molecule has 0 bridgehead atoms. The van der Waals surface area contributed by atoms with E-state index in [1.165, 1.54) is 30.8 Å². The number of aromatic nitrogens is 1. The quantitative estimate of drug-likeness (QED) is 0.927. The predicted octanol–water partition coefficient (Wildman–Crippen LogP) is 1.95. The molecule has 2 aliphatic rings. The average molecular weight is 302 g/mol. The highest BCUT2D eigenvalue weighted by Gasteiger charge is 2.24. The Bertz CT molecular complexity index is 508. The number of carbonyl (C=O) groups excluding carboxylic acids is 1. The van der Waals surface area contributed by atoms with Gasteiger partial charge < -0.3 is 10.2 Å². The van der Waals surface area contributed by atoms with E-state index in [1.54, 1.807) is 6.92 Å². The zero-order chi connectivity index (χ0) is 15.5. The zero-order valence-electron chi connectivity index (χ0n) is 13.6. The number of nitrogens with zero attached hydrogens (tertiary/aromatic N) is 3. The summed E-state index contributed by atoms with van der Waals surface area (Å²) in [4.78, 5) is 20.6. The van der Waals surface area contributed by atoms with Crippen LogP contribution >= 0.6 is 0 Å². The van der Waals surface area contributed by atoms with Crippen LogP contribution in [-0.4, -0.2) is 48.5 Å². The van der Waals surface area contributed by atoms with Gasteiger partial charge in [0, 0.05) is 26.1 Å². The SMILES string of the molecule is CC(=O)NC1CCN(c2ccc(C3CCCN3C)nc2)CC1. The smallest absolute Gasteiger partial charge is 0.217 e. The Morgan fingerprint density at radius 2 is 2.00 bits per heavy atom. The van der Waals surface area contributed by atoms with E-state index in [1.807, 2.05) is 6.20 Å². The van der Waals surface area contributed by atoms with E-state index in [2.05, 4.69) is 34.3 Å². The largest absolute Gasteiger partial charge is 0.370 e. The third-order valence-corrected chi connectivity index (χ3v) is 4.90. The third kappa shape index (κ3) is 3.40. The lowest BCUT2D eigenvalue weighted by atomic mass is 10.0. The third-order valence-electron chi connectivity index (χ3n) is 4.90. The molecule has 0 aliphatic carbocycles. The molecule has 5 heteroatoms. The maximum absolute atomic E-state index is 11.1. The molecule has 2 saturated heterocycles. The first-order valence-corrected chi connectivity index (χ1v) is 8.32. The van der Waals surface area contributed by atoms with Crippen LogP contribution in [0.25, 0.3) is 0 Å². The van der Waals surface area contributed by atoms with Crippen molar-refractivity contribution >= 4 is 11.6 Å². The lowest BCUT2D eigenvalue weighted by Gasteiger charge is -2.33. The van der Waals surface area contributed by atoms with E-state index in [4.69, 9.17) is 4.98 Å². The van der Waals surface area contributed by atoms with Gasteiger partial charge in [-0.05, 0) is 51.4 Å². The number of hydrogen-bond donors (Lipinski definition) is 1. The van der Waals surface area contributed by atoms with Crippen LogP contribution in [0.5, 0.6) is 0 Å². The van der Waals surface area contributed by atoms with E-state index in [-0.39, 0.29) is 5.91 Å². The minimum absolute atomic E-state index is 0.0742. The number of rotatable bonds is 3. The van der Waals surface area contributed by atoms with Crippen molar-refractivity contribution in [1.29, 1.82) is 0 Å². The van der Waals surface area contributed by atoms with Crippen molar-refractivity contribution in [2.45, 2.75) is 44.7 Å². The van der Waals surface area contributed by atoms with E-state index >= 15 is 0 Å². The van der Waals surface area contributed by atoms with Crippen molar-refractivity contribution < 1.29 is 4.79 Å². The van der Waals surface area contributed by atoms with Gasteiger partial charge in [-0.2, -0.15) is 0 Å². The van der Waals surface area contributed by atoms with Crippen LogP contribution in [0.1, 0.15) is 44.3 Å². The monoisotopic (exact) mass is 302 g/mol. The Morgan fingerprint density at radius 3 is 2.55 bits per heavy atom. The Balaban J connectivity index is 1.58. The molecule has 2 fully saturated rings. The maximum Gasteiger partial charge on any atom is 0.217 e. The van der Waals surface area contributed by atoms with Gasteiger partial charge in [0.25, 0.3) is 0 Å². The predicted molar refractivity (Wildman–Crippen MR) is 87.9 cm³/mol. The number of carbonyl (C=O) groups is 1. The summed E-state index contributed by atoms with van der Waals surface area (Å²) in [6.45, 7) is 4.73. The molecule has 120 valence electrons. The molecule has 0 aromatic carbocycles.